The standard InChI is InChI=1S/C15H24O3/c1-11(2)5-4-6-12(3)14-9-13(18-10-16)7-8-15(14)17/h6-8,11,13-14,16H,4-5,9-10H2,1-3H3/t13-,14-/m0/s1. The predicted octanol–water partition coefficient (Wildman–Crippen LogP) is 2.85. The second kappa shape index (κ2) is 7.49. The zero-order chi connectivity index (χ0) is 13.5. The molecule has 0 fully saturated rings. The summed E-state index contributed by atoms with van der Waals surface area (Å²) in [6, 6.07) is 0. The van der Waals surface area contributed by atoms with E-state index in [1.165, 1.54) is 0 Å². The Balaban J connectivity index is 2.58. The molecule has 18 heavy (non-hydrogen) atoms. The van der Waals surface area contributed by atoms with E-state index < -0.39 is 0 Å². The summed E-state index contributed by atoms with van der Waals surface area (Å²) in [6.07, 6.45) is 8.13. The number of aliphatic hydroxyl groups excluding tert-OH is 1. The monoisotopic (exact) mass is 252 g/mol. The molecule has 0 aromatic carbocycles. The maximum atomic E-state index is 11.8. The van der Waals surface area contributed by atoms with E-state index in [2.05, 4.69) is 19.9 Å². The maximum absolute atomic E-state index is 11.8. The van der Waals surface area contributed by atoms with Crippen LogP contribution < -0.4 is 0 Å². The Kier molecular flexibility index (Phi) is 6.30. The number of hydrogen-bond acceptors (Lipinski definition) is 3. The Bertz CT molecular complexity index is 329. The van der Waals surface area contributed by atoms with Crippen LogP contribution >= 0.6 is 0 Å². The van der Waals surface area contributed by atoms with Crippen LogP contribution in [0.3, 0.4) is 0 Å². The highest BCUT2D eigenvalue weighted by molar-refractivity contribution is 5.94. The van der Waals surface area contributed by atoms with Gasteiger partial charge in [0.15, 0.2) is 5.78 Å². The first-order valence-electron chi connectivity index (χ1n) is 6.65. The fourth-order valence-corrected chi connectivity index (χ4v) is 2.16. The molecule has 0 aromatic rings. The minimum atomic E-state index is -0.300. The van der Waals surface area contributed by atoms with Crippen LogP contribution in [-0.2, 0) is 9.53 Å². The first-order valence-corrected chi connectivity index (χ1v) is 6.65. The van der Waals surface area contributed by atoms with Gasteiger partial charge in [-0.05, 0) is 38.2 Å². The van der Waals surface area contributed by atoms with Crippen LogP contribution in [-0.4, -0.2) is 23.8 Å². The number of ketones is 1. The number of carbonyl (C=O) groups is 1. The van der Waals surface area contributed by atoms with Gasteiger partial charge in [0.25, 0.3) is 0 Å². The molecule has 1 aliphatic rings. The van der Waals surface area contributed by atoms with Crippen molar-refractivity contribution in [2.75, 3.05) is 6.79 Å². The summed E-state index contributed by atoms with van der Waals surface area (Å²) in [6.45, 7) is 6.11. The molecule has 0 saturated heterocycles. The molecule has 0 aromatic heterocycles. The summed E-state index contributed by atoms with van der Waals surface area (Å²) < 4.78 is 5.14. The molecular formula is C15H24O3. The van der Waals surface area contributed by atoms with Gasteiger partial charge in [0.2, 0.25) is 0 Å². The van der Waals surface area contributed by atoms with E-state index in [0.717, 1.165) is 18.4 Å². The molecule has 0 heterocycles. The van der Waals surface area contributed by atoms with Crippen molar-refractivity contribution in [3.05, 3.63) is 23.8 Å². The lowest BCUT2D eigenvalue weighted by Gasteiger charge is -2.24. The van der Waals surface area contributed by atoms with Crippen LogP contribution in [0.15, 0.2) is 23.8 Å². The topological polar surface area (TPSA) is 46.5 Å². The van der Waals surface area contributed by atoms with Crippen molar-refractivity contribution >= 4 is 5.78 Å². The molecule has 0 bridgehead atoms. The highest BCUT2D eigenvalue weighted by Gasteiger charge is 2.26. The Morgan fingerprint density at radius 1 is 1.61 bits per heavy atom. The molecule has 0 radical (unpaired) electrons. The lowest BCUT2D eigenvalue weighted by molar-refractivity contribution is -0.120. The molecule has 3 nitrogen and oxygen atoms in total. The first-order chi connectivity index (χ1) is 8.54. The molecule has 0 unspecified atom stereocenters. The lowest BCUT2D eigenvalue weighted by atomic mass is 9.85. The number of aliphatic hydroxyl groups is 1. The van der Waals surface area contributed by atoms with E-state index in [1.807, 2.05) is 6.92 Å². The highest BCUT2D eigenvalue weighted by Crippen LogP contribution is 2.25. The zero-order valence-corrected chi connectivity index (χ0v) is 11.6. The number of carbonyl (C=O) groups excluding carboxylic acids is 1. The maximum Gasteiger partial charge on any atom is 0.162 e. The second-order valence-corrected chi connectivity index (χ2v) is 5.30. The van der Waals surface area contributed by atoms with E-state index in [-0.39, 0.29) is 24.6 Å². The third kappa shape index (κ3) is 4.75. The molecule has 2 atom stereocenters. The fourth-order valence-electron chi connectivity index (χ4n) is 2.16. The third-order valence-corrected chi connectivity index (χ3v) is 3.34. The van der Waals surface area contributed by atoms with Crippen LogP contribution in [0.1, 0.15) is 40.0 Å². The average molecular weight is 252 g/mol. The van der Waals surface area contributed by atoms with Gasteiger partial charge in [-0.3, -0.25) is 4.79 Å². The van der Waals surface area contributed by atoms with Gasteiger partial charge < -0.3 is 9.84 Å². The Morgan fingerprint density at radius 2 is 2.33 bits per heavy atom. The van der Waals surface area contributed by atoms with Crippen LogP contribution in [0.4, 0.5) is 0 Å². The first kappa shape index (κ1) is 15.1. The largest absolute Gasteiger partial charge is 0.371 e. The van der Waals surface area contributed by atoms with Gasteiger partial charge in [-0.1, -0.05) is 31.6 Å². The van der Waals surface area contributed by atoms with E-state index >= 15 is 0 Å². The molecule has 0 amide bonds. The van der Waals surface area contributed by atoms with Gasteiger partial charge in [-0.25, -0.2) is 0 Å². The summed E-state index contributed by atoms with van der Waals surface area (Å²) in [7, 11) is 0. The van der Waals surface area contributed by atoms with Crippen molar-refractivity contribution in [1.82, 2.24) is 0 Å². The van der Waals surface area contributed by atoms with Crippen molar-refractivity contribution in [3.8, 4) is 0 Å². The van der Waals surface area contributed by atoms with Crippen molar-refractivity contribution in [1.29, 1.82) is 0 Å². The quantitative estimate of drug-likeness (QED) is 0.584. The second-order valence-electron chi connectivity index (χ2n) is 5.30. The molecular weight excluding hydrogens is 228 g/mol. The minimum absolute atomic E-state index is 0.0845. The fraction of sp³-hybridized carbons (Fsp3) is 0.667. The highest BCUT2D eigenvalue weighted by atomic mass is 16.6. The van der Waals surface area contributed by atoms with Crippen LogP contribution in [0.5, 0.6) is 0 Å². The van der Waals surface area contributed by atoms with Gasteiger partial charge in [-0.15, -0.1) is 0 Å². The van der Waals surface area contributed by atoms with E-state index in [9.17, 15) is 4.79 Å². The van der Waals surface area contributed by atoms with E-state index in [1.54, 1.807) is 12.2 Å². The molecule has 0 aliphatic heterocycles. The number of ether oxygens (including phenoxy) is 1. The molecule has 102 valence electrons. The van der Waals surface area contributed by atoms with Crippen LogP contribution in [0.2, 0.25) is 0 Å². The third-order valence-electron chi connectivity index (χ3n) is 3.34. The van der Waals surface area contributed by atoms with Crippen molar-refractivity contribution < 1.29 is 14.6 Å². The van der Waals surface area contributed by atoms with Crippen molar-refractivity contribution in [3.63, 3.8) is 0 Å². The van der Waals surface area contributed by atoms with Crippen LogP contribution in [0.25, 0.3) is 0 Å². The Morgan fingerprint density at radius 3 is 2.94 bits per heavy atom. The molecule has 0 saturated carbocycles. The molecule has 0 spiro atoms. The van der Waals surface area contributed by atoms with E-state index in [4.69, 9.17) is 9.84 Å². The van der Waals surface area contributed by atoms with Gasteiger partial charge in [0.05, 0.1) is 6.10 Å². The summed E-state index contributed by atoms with van der Waals surface area (Å²) in [5, 5.41) is 8.76. The SMILES string of the molecule is CC(=CCCC(C)C)[C@@H]1C[C@@H](OCO)C=CC1=O. The zero-order valence-electron chi connectivity index (χ0n) is 11.6. The minimum Gasteiger partial charge on any atom is -0.371 e. The van der Waals surface area contributed by atoms with Crippen LogP contribution in [0, 0.1) is 11.8 Å². The molecule has 1 aliphatic carbocycles. The summed E-state index contributed by atoms with van der Waals surface area (Å²) in [5.41, 5.74) is 1.12. The molecule has 1 N–H and O–H groups in total. The summed E-state index contributed by atoms with van der Waals surface area (Å²) in [4.78, 5) is 11.8. The van der Waals surface area contributed by atoms with Crippen molar-refractivity contribution in [2.24, 2.45) is 11.8 Å². The molecule has 1 rings (SSSR count). The van der Waals surface area contributed by atoms with Gasteiger partial charge >= 0.3 is 0 Å². The smallest absolute Gasteiger partial charge is 0.162 e. The van der Waals surface area contributed by atoms with Gasteiger partial charge in [-0.2, -0.15) is 0 Å². The summed E-state index contributed by atoms with van der Waals surface area (Å²) in [5.74, 6) is 0.742. The molecule has 3 heteroatoms. The van der Waals surface area contributed by atoms with E-state index in [0.29, 0.717) is 12.3 Å². The lowest BCUT2D eigenvalue weighted by Crippen LogP contribution is -2.26. The number of allylic oxidation sites excluding steroid dienone is 3. The normalized spacial score (nSPS) is 24.9. The van der Waals surface area contributed by atoms with Gasteiger partial charge in [0, 0.05) is 5.92 Å². The number of rotatable bonds is 6. The van der Waals surface area contributed by atoms with Gasteiger partial charge in [0.1, 0.15) is 6.79 Å². The summed E-state index contributed by atoms with van der Waals surface area (Å²) >= 11 is 0. The Hall–Kier alpha value is -0.930. The number of hydrogen-bond donors (Lipinski definition) is 1. The van der Waals surface area contributed by atoms with Crippen molar-refractivity contribution in [2.45, 2.75) is 46.1 Å². The average Bonchev–Trinajstić information content (AvgIpc) is 2.31. The Labute approximate surface area is 110 Å². The predicted molar refractivity (Wildman–Crippen MR) is 72.0 cm³/mol.